The molecule has 0 radical (unpaired) electrons. The zero-order valence-corrected chi connectivity index (χ0v) is 26.5. The first-order valence-corrected chi connectivity index (χ1v) is 16.7. The Hall–Kier alpha value is -5.10. The summed E-state index contributed by atoms with van der Waals surface area (Å²) in [7, 11) is -3.75. The van der Waals surface area contributed by atoms with Crippen molar-refractivity contribution in [1.82, 2.24) is 14.6 Å². The molecule has 6 rings (SSSR count). The molecule has 10 nitrogen and oxygen atoms in total. The molecule has 1 aliphatic rings. The molecule has 3 heterocycles. The highest BCUT2D eigenvalue weighted by molar-refractivity contribution is 7.92. The summed E-state index contributed by atoms with van der Waals surface area (Å²) in [5.41, 5.74) is 10.1. The van der Waals surface area contributed by atoms with Crippen LogP contribution in [0, 0.1) is 12.7 Å². The number of amides is 2. The highest BCUT2D eigenvalue weighted by atomic mass is 32.2. The molecule has 12 heteroatoms. The second kappa shape index (κ2) is 12.0. The van der Waals surface area contributed by atoms with Crippen LogP contribution in [-0.4, -0.2) is 53.7 Å². The number of carbonyl (C=O) groups is 2. The molecule has 0 bridgehead atoms. The number of fused-ring (bicyclic) bond motifs is 1. The van der Waals surface area contributed by atoms with Crippen LogP contribution in [-0.2, 0) is 16.4 Å². The number of hydrogen-bond donors (Lipinski definition) is 1. The van der Waals surface area contributed by atoms with Gasteiger partial charge in [-0.1, -0.05) is 24.3 Å². The molecule has 2 amide bonds. The molecular formula is C34H33FN6O4S. The average molecular weight is 641 g/mol. The van der Waals surface area contributed by atoms with Gasteiger partial charge in [0.1, 0.15) is 11.6 Å². The molecule has 5 aromatic rings. The van der Waals surface area contributed by atoms with Gasteiger partial charge in [-0.2, -0.15) is 5.10 Å². The number of pyridine rings is 2. The van der Waals surface area contributed by atoms with E-state index in [1.54, 1.807) is 66.7 Å². The number of nitrogens with zero attached hydrogens (tertiary/aromatic N) is 5. The van der Waals surface area contributed by atoms with E-state index in [4.69, 9.17) is 5.73 Å². The summed E-state index contributed by atoms with van der Waals surface area (Å²) >= 11 is 0. The average Bonchev–Trinajstić information content (AvgIpc) is 3.78. The van der Waals surface area contributed by atoms with Gasteiger partial charge >= 0.3 is 0 Å². The van der Waals surface area contributed by atoms with Crippen LogP contribution in [0.1, 0.15) is 57.3 Å². The zero-order chi connectivity index (χ0) is 32.7. The van der Waals surface area contributed by atoms with E-state index in [0.29, 0.717) is 45.0 Å². The molecule has 0 spiro atoms. The Labute approximate surface area is 266 Å². The first-order valence-electron chi connectivity index (χ1n) is 14.9. The van der Waals surface area contributed by atoms with E-state index in [9.17, 15) is 22.4 Å². The third-order valence-electron chi connectivity index (χ3n) is 8.11. The smallest absolute Gasteiger partial charge is 0.259 e. The van der Waals surface area contributed by atoms with Crippen molar-refractivity contribution < 1.29 is 22.4 Å². The summed E-state index contributed by atoms with van der Waals surface area (Å²) in [5.74, 6) is -0.755. The minimum absolute atomic E-state index is 0.0457. The lowest BCUT2D eigenvalue weighted by Gasteiger charge is -2.25. The maximum absolute atomic E-state index is 14.0. The summed E-state index contributed by atoms with van der Waals surface area (Å²) in [6, 6.07) is 18.4. The number of nitrogens with two attached hydrogens (primary N) is 1. The van der Waals surface area contributed by atoms with E-state index in [-0.39, 0.29) is 36.3 Å². The summed E-state index contributed by atoms with van der Waals surface area (Å²) in [6.45, 7) is 3.72. The summed E-state index contributed by atoms with van der Waals surface area (Å²) < 4.78 is 42.4. The lowest BCUT2D eigenvalue weighted by Crippen LogP contribution is -2.33. The Balaban J connectivity index is 1.54. The van der Waals surface area contributed by atoms with Gasteiger partial charge in [-0.05, 0) is 85.8 Å². The minimum atomic E-state index is -3.75. The second-order valence-electron chi connectivity index (χ2n) is 11.4. The monoisotopic (exact) mass is 640 g/mol. The molecule has 0 aliphatic heterocycles. The predicted octanol–water partition coefficient (Wildman–Crippen LogP) is 5.13. The van der Waals surface area contributed by atoms with Gasteiger partial charge < -0.3 is 5.73 Å². The van der Waals surface area contributed by atoms with Gasteiger partial charge in [0.05, 0.1) is 34.9 Å². The van der Waals surface area contributed by atoms with Gasteiger partial charge in [0, 0.05) is 36.3 Å². The number of rotatable bonds is 10. The number of carbonyl (C=O) groups excluding carboxylic acids is 2. The third kappa shape index (κ3) is 5.95. The molecule has 1 aliphatic carbocycles. The Morgan fingerprint density at radius 3 is 2.39 bits per heavy atom. The molecule has 0 atom stereocenters. The van der Waals surface area contributed by atoms with Crippen LogP contribution in [0.5, 0.6) is 0 Å². The zero-order valence-electron chi connectivity index (χ0n) is 25.6. The fourth-order valence-electron chi connectivity index (χ4n) is 5.78. The highest BCUT2D eigenvalue weighted by Gasteiger charge is 2.35. The van der Waals surface area contributed by atoms with Crippen molar-refractivity contribution in [2.45, 2.75) is 39.2 Å². The van der Waals surface area contributed by atoms with Gasteiger partial charge in [-0.3, -0.25) is 18.8 Å². The van der Waals surface area contributed by atoms with E-state index in [2.05, 4.69) is 10.1 Å². The lowest BCUT2D eigenvalue weighted by molar-refractivity contribution is 0.0981. The molecule has 46 heavy (non-hydrogen) atoms. The first kappa shape index (κ1) is 30.9. The van der Waals surface area contributed by atoms with E-state index < -0.39 is 15.9 Å². The van der Waals surface area contributed by atoms with E-state index >= 15 is 0 Å². The molecule has 2 aromatic carbocycles. The first-order chi connectivity index (χ1) is 22.0. The van der Waals surface area contributed by atoms with E-state index in [0.717, 1.165) is 24.7 Å². The SMILES string of the molecule is CCN(c1cn2nc(Cc3ccc(F)cc3)c(C(N)=O)c2cc1-c1cc(C(=O)N(c2ccccn2)C2CC2)ccc1C)S(C)(=O)=O. The molecule has 2 N–H and O–H groups in total. The minimum Gasteiger partial charge on any atom is -0.365 e. The largest absolute Gasteiger partial charge is 0.365 e. The standard InChI is InChI=1S/C34H33FN6O4S/c1-4-40(46(3,44)45)30-20-39-29(32(33(36)42)28(38-39)17-22-9-12-24(35)13-10-22)19-27(30)26-18-23(11-8-21(26)2)34(43)41(25-14-15-25)31-7-5-6-16-37-31/h5-13,16,18-20,25H,4,14-15,17H2,1-3H3,(H2,36,42). The number of sulfonamides is 1. The Bertz CT molecular complexity index is 2080. The second-order valence-corrected chi connectivity index (χ2v) is 13.3. The van der Waals surface area contributed by atoms with Crippen LogP contribution >= 0.6 is 0 Å². The van der Waals surface area contributed by atoms with Crippen LogP contribution in [0.25, 0.3) is 16.6 Å². The molecule has 236 valence electrons. The fourth-order valence-corrected chi connectivity index (χ4v) is 6.76. The molecule has 1 fully saturated rings. The lowest BCUT2D eigenvalue weighted by atomic mass is 9.96. The Morgan fingerprint density at radius 2 is 1.78 bits per heavy atom. The van der Waals surface area contributed by atoms with Crippen molar-refractivity contribution in [1.29, 1.82) is 0 Å². The van der Waals surface area contributed by atoms with Gasteiger partial charge in [-0.15, -0.1) is 0 Å². The van der Waals surface area contributed by atoms with Crippen LogP contribution in [0.2, 0.25) is 0 Å². The molecular weight excluding hydrogens is 607 g/mol. The van der Waals surface area contributed by atoms with Gasteiger partial charge in [0.15, 0.2) is 0 Å². The van der Waals surface area contributed by atoms with Crippen LogP contribution in [0.3, 0.4) is 0 Å². The highest BCUT2D eigenvalue weighted by Crippen LogP contribution is 2.38. The van der Waals surface area contributed by atoms with E-state index in [1.165, 1.54) is 21.0 Å². The topological polar surface area (TPSA) is 131 Å². The number of anilines is 2. The van der Waals surface area contributed by atoms with Crippen molar-refractivity contribution in [3.63, 3.8) is 0 Å². The number of halogens is 1. The van der Waals surface area contributed by atoms with Gasteiger partial charge in [0.2, 0.25) is 10.0 Å². The summed E-state index contributed by atoms with van der Waals surface area (Å²) in [4.78, 5) is 33.0. The number of primary amides is 1. The fraction of sp³-hybridized carbons (Fsp3) is 0.235. The number of aryl methyl sites for hydroxylation is 1. The molecule has 1 saturated carbocycles. The van der Waals surface area contributed by atoms with E-state index in [1.807, 2.05) is 19.1 Å². The van der Waals surface area contributed by atoms with Crippen molar-refractivity contribution in [3.05, 3.63) is 113 Å². The molecule has 0 unspecified atom stereocenters. The van der Waals surface area contributed by atoms with Crippen LogP contribution in [0.15, 0.2) is 79.1 Å². The van der Waals surface area contributed by atoms with Crippen molar-refractivity contribution in [2.24, 2.45) is 5.73 Å². The maximum atomic E-state index is 14.0. The van der Waals surface area contributed by atoms with Crippen molar-refractivity contribution in [2.75, 3.05) is 22.0 Å². The van der Waals surface area contributed by atoms with Crippen LogP contribution < -0.4 is 14.9 Å². The molecule has 0 saturated heterocycles. The van der Waals surface area contributed by atoms with Crippen LogP contribution in [0.4, 0.5) is 15.9 Å². The Morgan fingerprint density at radius 1 is 1.04 bits per heavy atom. The number of hydrogen-bond acceptors (Lipinski definition) is 6. The van der Waals surface area contributed by atoms with Gasteiger partial charge in [-0.25, -0.2) is 22.3 Å². The van der Waals surface area contributed by atoms with Gasteiger partial charge in [0.25, 0.3) is 11.8 Å². The quantitative estimate of drug-likeness (QED) is 0.225. The third-order valence-corrected chi connectivity index (χ3v) is 9.37. The Kier molecular flexibility index (Phi) is 8.07. The maximum Gasteiger partial charge on any atom is 0.259 e. The van der Waals surface area contributed by atoms with Crippen molar-refractivity contribution >= 4 is 38.9 Å². The van der Waals surface area contributed by atoms with Crippen molar-refractivity contribution in [3.8, 4) is 11.1 Å². The normalized spacial score (nSPS) is 13.1. The molecule has 3 aromatic heterocycles. The number of aromatic nitrogens is 3. The number of benzene rings is 2. The summed E-state index contributed by atoms with van der Waals surface area (Å²) in [5, 5.41) is 4.63. The summed E-state index contributed by atoms with van der Waals surface area (Å²) in [6.07, 6.45) is 6.28. The predicted molar refractivity (Wildman–Crippen MR) is 175 cm³/mol.